The molecule has 0 unspecified atom stereocenters. The molecule has 0 aromatic heterocycles. The topological polar surface area (TPSA) is 49.3 Å². The molecule has 0 aliphatic carbocycles. The molecule has 0 bridgehead atoms. The maximum absolute atomic E-state index is 10.7. The highest BCUT2D eigenvalue weighted by atomic mass is 16.4. The first-order valence-electron chi connectivity index (χ1n) is 5.67. The van der Waals surface area contributed by atoms with Gasteiger partial charge in [-0.2, -0.15) is 0 Å². The quantitative estimate of drug-likeness (QED) is 0.836. The Morgan fingerprint density at radius 1 is 1.24 bits per heavy atom. The van der Waals surface area contributed by atoms with Crippen LogP contribution in [-0.4, -0.2) is 24.2 Å². The van der Waals surface area contributed by atoms with Crippen molar-refractivity contribution >= 4 is 12.0 Å². The van der Waals surface area contributed by atoms with E-state index in [1.165, 1.54) is 5.57 Å². The molecular weight excluding hydrogens is 214 g/mol. The van der Waals surface area contributed by atoms with Crippen LogP contribution in [0, 0.1) is 0 Å². The third kappa shape index (κ3) is 3.29. The van der Waals surface area contributed by atoms with E-state index in [2.05, 4.69) is 17.5 Å². The monoisotopic (exact) mass is 229 g/mol. The molecule has 0 spiro atoms. The molecule has 1 aliphatic rings. The highest BCUT2D eigenvalue weighted by Gasteiger charge is 2.01. The largest absolute Gasteiger partial charge is 0.478 e. The van der Waals surface area contributed by atoms with E-state index in [0.717, 1.165) is 25.1 Å². The molecule has 1 aliphatic heterocycles. The van der Waals surface area contributed by atoms with Gasteiger partial charge in [-0.05, 0) is 36.2 Å². The summed E-state index contributed by atoms with van der Waals surface area (Å²) in [6, 6.07) is 6.87. The van der Waals surface area contributed by atoms with E-state index in [-0.39, 0.29) is 0 Å². The van der Waals surface area contributed by atoms with Crippen LogP contribution in [0.1, 0.15) is 22.3 Å². The van der Waals surface area contributed by atoms with Gasteiger partial charge in [-0.3, -0.25) is 0 Å². The van der Waals surface area contributed by atoms with E-state index in [9.17, 15) is 4.79 Å². The molecule has 1 heterocycles. The van der Waals surface area contributed by atoms with Gasteiger partial charge in [-0.25, -0.2) is 4.79 Å². The summed E-state index contributed by atoms with van der Waals surface area (Å²) < 4.78 is 0. The molecule has 1 aromatic rings. The fraction of sp³-hybridized carbons (Fsp3) is 0.214. The normalized spacial score (nSPS) is 15.9. The molecule has 3 heteroatoms. The molecule has 0 amide bonds. The van der Waals surface area contributed by atoms with Crippen LogP contribution >= 0.6 is 0 Å². The number of benzene rings is 1. The van der Waals surface area contributed by atoms with Gasteiger partial charge in [0.2, 0.25) is 0 Å². The zero-order chi connectivity index (χ0) is 12.1. The number of carboxylic acid groups (broad SMARTS) is 1. The molecule has 17 heavy (non-hydrogen) atoms. The van der Waals surface area contributed by atoms with Gasteiger partial charge in [-0.1, -0.05) is 30.4 Å². The lowest BCUT2D eigenvalue weighted by Gasteiger charge is -2.10. The number of hydrogen-bond donors (Lipinski definition) is 2. The number of nitrogens with one attached hydrogen (secondary N) is 1. The number of hydrogen-bond acceptors (Lipinski definition) is 2. The van der Waals surface area contributed by atoms with Crippen LogP contribution in [0.4, 0.5) is 0 Å². The van der Waals surface area contributed by atoms with Gasteiger partial charge in [0.05, 0.1) is 5.56 Å². The third-order valence-corrected chi connectivity index (χ3v) is 2.70. The second-order valence-corrected chi connectivity index (χ2v) is 4.00. The molecule has 0 saturated heterocycles. The molecular formula is C14H15NO2. The Bertz CT molecular complexity index is 458. The fourth-order valence-corrected chi connectivity index (χ4v) is 1.73. The average Bonchev–Trinajstić information content (AvgIpc) is 2.38. The Labute approximate surface area is 100 Å². The van der Waals surface area contributed by atoms with Gasteiger partial charge in [0, 0.05) is 6.54 Å². The van der Waals surface area contributed by atoms with Gasteiger partial charge in [0.15, 0.2) is 0 Å². The van der Waals surface area contributed by atoms with Crippen LogP contribution in [0.2, 0.25) is 0 Å². The van der Waals surface area contributed by atoms with E-state index < -0.39 is 5.97 Å². The van der Waals surface area contributed by atoms with Crippen molar-refractivity contribution in [3.63, 3.8) is 0 Å². The van der Waals surface area contributed by atoms with Crippen LogP contribution in [0.25, 0.3) is 6.08 Å². The molecule has 0 atom stereocenters. The first-order valence-corrected chi connectivity index (χ1v) is 5.67. The Hall–Kier alpha value is -1.87. The predicted molar refractivity (Wildman–Crippen MR) is 68.0 cm³/mol. The van der Waals surface area contributed by atoms with Crippen molar-refractivity contribution < 1.29 is 9.90 Å². The standard InChI is InChI=1S/C14H15NO2/c16-14(17)13-7-5-11(6-8-13)3-4-12-2-1-9-15-10-12/h2-8,15H,1,9-10H2,(H,16,17). The van der Waals surface area contributed by atoms with Gasteiger partial charge >= 0.3 is 5.97 Å². The second-order valence-electron chi connectivity index (χ2n) is 4.00. The first-order chi connectivity index (χ1) is 8.25. The maximum atomic E-state index is 10.7. The van der Waals surface area contributed by atoms with E-state index in [1.807, 2.05) is 18.2 Å². The SMILES string of the molecule is O=C(O)c1ccc(C=CC2=CCCNC2)cc1. The van der Waals surface area contributed by atoms with Gasteiger partial charge in [0.1, 0.15) is 0 Å². The molecule has 0 fully saturated rings. The van der Waals surface area contributed by atoms with Crippen molar-refractivity contribution in [1.29, 1.82) is 0 Å². The summed E-state index contributed by atoms with van der Waals surface area (Å²) >= 11 is 0. The highest BCUT2D eigenvalue weighted by Crippen LogP contribution is 2.09. The van der Waals surface area contributed by atoms with Crippen molar-refractivity contribution in [3.05, 3.63) is 53.1 Å². The number of rotatable bonds is 3. The molecule has 3 nitrogen and oxygen atoms in total. The van der Waals surface area contributed by atoms with E-state index in [0.29, 0.717) is 5.56 Å². The van der Waals surface area contributed by atoms with Crippen LogP contribution < -0.4 is 5.32 Å². The van der Waals surface area contributed by atoms with Crippen LogP contribution in [0.15, 0.2) is 42.0 Å². The summed E-state index contributed by atoms with van der Waals surface area (Å²) in [5.41, 5.74) is 2.61. The molecule has 0 saturated carbocycles. The predicted octanol–water partition coefficient (Wildman–Crippen LogP) is 2.32. The van der Waals surface area contributed by atoms with Gasteiger partial charge in [-0.15, -0.1) is 0 Å². The third-order valence-electron chi connectivity index (χ3n) is 2.70. The Morgan fingerprint density at radius 3 is 2.59 bits per heavy atom. The van der Waals surface area contributed by atoms with Crippen LogP contribution in [-0.2, 0) is 0 Å². The minimum Gasteiger partial charge on any atom is -0.478 e. The van der Waals surface area contributed by atoms with Crippen LogP contribution in [0.5, 0.6) is 0 Å². The second kappa shape index (κ2) is 5.46. The first kappa shape index (κ1) is 11.6. The Morgan fingerprint density at radius 2 is 2.00 bits per heavy atom. The van der Waals surface area contributed by atoms with Crippen molar-refractivity contribution in [2.75, 3.05) is 13.1 Å². The van der Waals surface area contributed by atoms with Crippen molar-refractivity contribution in [2.45, 2.75) is 6.42 Å². The molecule has 88 valence electrons. The summed E-state index contributed by atoms with van der Waals surface area (Å²) in [4.78, 5) is 10.7. The summed E-state index contributed by atoms with van der Waals surface area (Å²) in [7, 11) is 0. The van der Waals surface area contributed by atoms with Gasteiger partial charge < -0.3 is 10.4 Å². The van der Waals surface area contributed by atoms with E-state index >= 15 is 0 Å². The molecule has 0 radical (unpaired) electrons. The maximum Gasteiger partial charge on any atom is 0.335 e. The zero-order valence-electron chi connectivity index (χ0n) is 9.52. The number of carbonyl (C=O) groups is 1. The average molecular weight is 229 g/mol. The molecule has 2 rings (SSSR count). The Balaban J connectivity index is 2.05. The van der Waals surface area contributed by atoms with E-state index in [4.69, 9.17) is 5.11 Å². The number of aromatic carboxylic acids is 1. The minimum atomic E-state index is -0.889. The summed E-state index contributed by atoms with van der Waals surface area (Å²) in [5.74, 6) is -0.889. The van der Waals surface area contributed by atoms with E-state index in [1.54, 1.807) is 12.1 Å². The summed E-state index contributed by atoms with van der Waals surface area (Å²) in [6.07, 6.45) is 7.36. The van der Waals surface area contributed by atoms with Gasteiger partial charge in [0.25, 0.3) is 0 Å². The lowest BCUT2D eigenvalue weighted by Crippen LogP contribution is -2.21. The fourth-order valence-electron chi connectivity index (χ4n) is 1.73. The van der Waals surface area contributed by atoms with Crippen LogP contribution in [0.3, 0.4) is 0 Å². The lowest BCUT2D eigenvalue weighted by molar-refractivity contribution is 0.0697. The summed E-state index contributed by atoms with van der Waals surface area (Å²) in [6.45, 7) is 1.95. The number of carboxylic acids is 1. The Kier molecular flexibility index (Phi) is 3.73. The van der Waals surface area contributed by atoms with Crippen molar-refractivity contribution in [2.24, 2.45) is 0 Å². The minimum absolute atomic E-state index is 0.320. The zero-order valence-corrected chi connectivity index (χ0v) is 9.52. The van der Waals surface area contributed by atoms with Crippen molar-refractivity contribution in [3.8, 4) is 0 Å². The molecule has 2 N–H and O–H groups in total. The smallest absolute Gasteiger partial charge is 0.335 e. The summed E-state index contributed by atoms with van der Waals surface area (Å²) in [5, 5.41) is 12.1. The van der Waals surface area contributed by atoms with Crippen molar-refractivity contribution in [1.82, 2.24) is 5.32 Å². The molecule has 1 aromatic carbocycles. The lowest BCUT2D eigenvalue weighted by atomic mass is 10.1. The highest BCUT2D eigenvalue weighted by molar-refractivity contribution is 5.87.